The van der Waals surface area contributed by atoms with Gasteiger partial charge in [-0.15, -0.1) is 0 Å². The molecule has 7 nitrogen and oxygen atoms in total. The van der Waals surface area contributed by atoms with Crippen molar-refractivity contribution < 1.29 is 22.7 Å². The maximum Gasteiger partial charge on any atom is 0.252 e. The summed E-state index contributed by atoms with van der Waals surface area (Å²) in [4.78, 5) is 11.3. The van der Waals surface area contributed by atoms with Crippen LogP contribution in [-0.2, 0) is 14.8 Å². The molecular formula is C13H20N2O5S. The molecule has 0 bridgehead atoms. The Morgan fingerprint density at radius 3 is 2.67 bits per heavy atom. The van der Waals surface area contributed by atoms with Crippen LogP contribution in [-0.4, -0.2) is 41.2 Å². The molecule has 8 heteroatoms. The number of nitrogens with two attached hydrogens (primary N) is 1. The first-order valence-corrected chi connectivity index (χ1v) is 7.96. The Morgan fingerprint density at radius 2 is 2.10 bits per heavy atom. The number of carbonyl (C=O) groups is 1. The number of carbonyl (C=O) groups excluding carboxylic acids is 1. The highest BCUT2D eigenvalue weighted by Crippen LogP contribution is 2.21. The van der Waals surface area contributed by atoms with Crippen LogP contribution < -0.4 is 15.2 Å². The van der Waals surface area contributed by atoms with Crippen LogP contribution in [0.15, 0.2) is 23.1 Å². The molecule has 0 aliphatic carbocycles. The zero-order chi connectivity index (χ0) is 15.9. The van der Waals surface area contributed by atoms with E-state index in [2.05, 4.69) is 4.72 Å². The molecule has 21 heavy (non-hydrogen) atoms. The van der Waals surface area contributed by atoms with Gasteiger partial charge in [-0.2, -0.15) is 0 Å². The summed E-state index contributed by atoms with van der Waals surface area (Å²) in [5, 5.41) is 0. The largest absolute Gasteiger partial charge is 0.496 e. The van der Waals surface area contributed by atoms with Gasteiger partial charge in [-0.05, 0) is 31.5 Å². The lowest BCUT2D eigenvalue weighted by molar-refractivity contribution is 0.0997. The van der Waals surface area contributed by atoms with Gasteiger partial charge in [0.1, 0.15) is 5.75 Å². The fourth-order valence-corrected chi connectivity index (χ4v) is 2.76. The van der Waals surface area contributed by atoms with Crippen molar-refractivity contribution in [2.75, 3.05) is 26.9 Å². The molecule has 0 saturated heterocycles. The molecule has 0 saturated carbocycles. The maximum atomic E-state index is 12.1. The van der Waals surface area contributed by atoms with Crippen LogP contribution in [0.1, 0.15) is 23.7 Å². The Morgan fingerprint density at radius 1 is 1.38 bits per heavy atom. The van der Waals surface area contributed by atoms with E-state index < -0.39 is 15.9 Å². The van der Waals surface area contributed by atoms with Gasteiger partial charge in [0.2, 0.25) is 10.0 Å². The van der Waals surface area contributed by atoms with E-state index in [1.54, 1.807) is 0 Å². The second kappa shape index (κ2) is 7.96. The number of sulfonamides is 1. The van der Waals surface area contributed by atoms with E-state index in [-0.39, 0.29) is 22.8 Å². The van der Waals surface area contributed by atoms with Crippen LogP contribution in [0.4, 0.5) is 0 Å². The number of ether oxygens (including phenoxy) is 2. The van der Waals surface area contributed by atoms with Gasteiger partial charge >= 0.3 is 0 Å². The third-order valence-corrected chi connectivity index (χ3v) is 4.17. The van der Waals surface area contributed by atoms with Gasteiger partial charge in [-0.25, -0.2) is 13.1 Å². The first kappa shape index (κ1) is 17.4. The minimum absolute atomic E-state index is 0.0229. The summed E-state index contributed by atoms with van der Waals surface area (Å²) in [6.45, 7) is 3.19. The first-order chi connectivity index (χ1) is 9.92. The number of nitrogens with one attached hydrogen (secondary N) is 1. The fourth-order valence-electron chi connectivity index (χ4n) is 1.66. The van der Waals surface area contributed by atoms with Crippen molar-refractivity contribution in [2.24, 2.45) is 5.73 Å². The van der Waals surface area contributed by atoms with Crippen molar-refractivity contribution in [1.29, 1.82) is 0 Å². The predicted octanol–water partition coefficient (Wildman–Crippen LogP) is 0.499. The summed E-state index contributed by atoms with van der Waals surface area (Å²) >= 11 is 0. The smallest absolute Gasteiger partial charge is 0.252 e. The Kier molecular flexibility index (Phi) is 6.60. The molecule has 0 heterocycles. The van der Waals surface area contributed by atoms with Gasteiger partial charge in [0, 0.05) is 19.8 Å². The highest BCUT2D eigenvalue weighted by molar-refractivity contribution is 7.89. The van der Waals surface area contributed by atoms with E-state index in [1.807, 2.05) is 6.92 Å². The molecule has 0 spiro atoms. The van der Waals surface area contributed by atoms with E-state index in [0.29, 0.717) is 19.6 Å². The van der Waals surface area contributed by atoms with E-state index in [0.717, 1.165) is 0 Å². The number of methoxy groups -OCH3 is 1. The predicted molar refractivity (Wildman–Crippen MR) is 77.8 cm³/mol. The van der Waals surface area contributed by atoms with Crippen molar-refractivity contribution in [2.45, 2.75) is 18.2 Å². The van der Waals surface area contributed by atoms with E-state index in [9.17, 15) is 13.2 Å². The monoisotopic (exact) mass is 316 g/mol. The number of rotatable bonds is 9. The Labute approximate surface area is 124 Å². The quantitative estimate of drug-likeness (QED) is 0.645. The van der Waals surface area contributed by atoms with Crippen molar-refractivity contribution in [3.8, 4) is 5.75 Å². The minimum Gasteiger partial charge on any atom is -0.496 e. The number of primary amides is 1. The van der Waals surface area contributed by atoms with Crippen LogP contribution in [0.25, 0.3) is 0 Å². The average molecular weight is 316 g/mol. The third kappa shape index (κ3) is 5.00. The summed E-state index contributed by atoms with van der Waals surface area (Å²) in [6, 6.07) is 3.96. The molecular weight excluding hydrogens is 296 g/mol. The molecule has 118 valence electrons. The molecule has 0 radical (unpaired) electrons. The normalized spacial score (nSPS) is 11.3. The van der Waals surface area contributed by atoms with Gasteiger partial charge in [-0.3, -0.25) is 4.79 Å². The van der Waals surface area contributed by atoms with Crippen molar-refractivity contribution in [3.63, 3.8) is 0 Å². The molecule has 3 N–H and O–H groups in total. The Hall–Kier alpha value is -1.64. The van der Waals surface area contributed by atoms with Gasteiger partial charge in [0.05, 0.1) is 17.6 Å². The molecule has 0 aromatic heterocycles. The van der Waals surface area contributed by atoms with Gasteiger partial charge < -0.3 is 15.2 Å². The number of benzene rings is 1. The molecule has 0 unspecified atom stereocenters. The van der Waals surface area contributed by atoms with Crippen LogP contribution in [0.3, 0.4) is 0 Å². The van der Waals surface area contributed by atoms with Crippen LogP contribution >= 0.6 is 0 Å². The molecule has 1 amide bonds. The summed E-state index contributed by atoms with van der Waals surface area (Å²) in [5.74, 6) is -0.516. The zero-order valence-corrected chi connectivity index (χ0v) is 12.9. The molecule has 0 fully saturated rings. The topological polar surface area (TPSA) is 108 Å². The van der Waals surface area contributed by atoms with Gasteiger partial charge in [-0.1, -0.05) is 0 Å². The SMILES string of the molecule is CCOCCCNS(=O)(=O)c1ccc(OC)c(C(N)=O)c1. The fraction of sp³-hybridized carbons (Fsp3) is 0.462. The second-order valence-corrected chi connectivity index (χ2v) is 5.94. The minimum atomic E-state index is -3.70. The Bertz CT molecular complexity index is 586. The van der Waals surface area contributed by atoms with E-state index in [4.69, 9.17) is 15.2 Å². The zero-order valence-electron chi connectivity index (χ0n) is 12.1. The maximum absolute atomic E-state index is 12.1. The molecule has 0 atom stereocenters. The molecule has 0 aliphatic rings. The highest BCUT2D eigenvalue weighted by Gasteiger charge is 2.18. The van der Waals surface area contributed by atoms with Crippen LogP contribution in [0.2, 0.25) is 0 Å². The lowest BCUT2D eigenvalue weighted by Gasteiger charge is -2.10. The third-order valence-electron chi connectivity index (χ3n) is 2.71. The van der Waals surface area contributed by atoms with Crippen molar-refractivity contribution >= 4 is 15.9 Å². The molecule has 1 rings (SSSR count). The van der Waals surface area contributed by atoms with Crippen LogP contribution in [0.5, 0.6) is 5.75 Å². The van der Waals surface area contributed by atoms with Crippen LogP contribution in [0, 0.1) is 0 Å². The van der Waals surface area contributed by atoms with E-state index >= 15 is 0 Å². The number of hydrogen-bond donors (Lipinski definition) is 2. The van der Waals surface area contributed by atoms with Gasteiger partial charge in [0.25, 0.3) is 5.91 Å². The Balaban J connectivity index is 2.83. The average Bonchev–Trinajstić information content (AvgIpc) is 2.46. The van der Waals surface area contributed by atoms with Crippen molar-refractivity contribution in [1.82, 2.24) is 4.72 Å². The van der Waals surface area contributed by atoms with Gasteiger partial charge in [0.15, 0.2) is 0 Å². The second-order valence-electron chi connectivity index (χ2n) is 4.17. The molecule has 0 aliphatic heterocycles. The lowest BCUT2D eigenvalue weighted by Crippen LogP contribution is -2.26. The number of amides is 1. The van der Waals surface area contributed by atoms with E-state index in [1.165, 1.54) is 25.3 Å². The summed E-state index contributed by atoms with van der Waals surface area (Å²) in [5.41, 5.74) is 5.23. The first-order valence-electron chi connectivity index (χ1n) is 6.47. The summed E-state index contributed by atoms with van der Waals surface area (Å²) < 4.78 is 36.7. The molecule has 1 aromatic carbocycles. The molecule has 1 aromatic rings. The number of hydrogen-bond acceptors (Lipinski definition) is 5. The van der Waals surface area contributed by atoms with Crippen molar-refractivity contribution in [3.05, 3.63) is 23.8 Å². The lowest BCUT2D eigenvalue weighted by atomic mass is 10.2. The highest BCUT2D eigenvalue weighted by atomic mass is 32.2. The summed E-state index contributed by atoms with van der Waals surface area (Å²) in [6.07, 6.45) is 0.561. The standard InChI is InChI=1S/C13H20N2O5S/c1-3-20-8-4-7-15-21(17,18)10-5-6-12(19-2)11(9-10)13(14)16/h5-6,9,15H,3-4,7-8H2,1-2H3,(H2,14,16). The summed E-state index contributed by atoms with van der Waals surface area (Å²) in [7, 11) is -2.32.